The van der Waals surface area contributed by atoms with Gasteiger partial charge in [-0.3, -0.25) is 9.59 Å². The molecule has 0 saturated carbocycles. The van der Waals surface area contributed by atoms with Gasteiger partial charge in [0.2, 0.25) is 17.6 Å². The third-order valence-corrected chi connectivity index (χ3v) is 1.55. The van der Waals surface area contributed by atoms with Crippen LogP contribution in [0.15, 0.2) is 4.42 Å². The van der Waals surface area contributed by atoms with E-state index in [1.165, 1.54) is 6.92 Å². The van der Waals surface area contributed by atoms with Crippen LogP contribution in [0.4, 0.5) is 0 Å². The summed E-state index contributed by atoms with van der Waals surface area (Å²) < 4.78 is 5.03. The summed E-state index contributed by atoms with van der Waals surface area (Å²) in [6.07, 6.45) is 0. The summed E-state index contributed by atoms with van der Waals surface area (Å²) in [4.78, 5) is 25.3. The molecule has 0 aliphatic heterocycles. The zero-order chi connectivity index (χ0) is 10.7. The molecule has 0 aliphatic carbocycles. The number of nitrogens with two attached hydrogens (primary N) is 1. The van der Waals surface area contributed by atoms with Crippen LogP contribution in [0.25, 0.3) is 0 Å². The van der Waals surface area contributed by atoms with Crippen LogP contribution in [-0.4, -0.2) is 16.8 Å². The molecule has 3 N–H and O–H groups in total. The molecule has 0 unspecified atom stereocenters. The summed E-state index contributed by atoms with van der Waals surface area (Å²) in [5, 5.41) is 2.49. The first kappa shape index (κ1) is 17.1. The molecule has 0 aromatic carbocycles. The van der Waals surface area contributed by atoms with Crippen molar-refractivity contribution in [2.45, 2.75) is 20.4 Å². The number of aromatic nitrogens is 1. The number of oxazole rings is 1. The highest BCUT2D eigenvalue weighted by Crippen LogP contribution is 2.08. The second kappa shape index (κ2) is 7.08. The summed E-state index contributed by atoms with van der Waals surface area (Å²) in [7, 11) is 0. The van der Waals surface area contributed by atoms with E-state index in [1.54, 1.807) is 6.92 Å². The van der Waals surface area contributed by atoms with Crippen LogP contribution >= 0.6 is 24.8 Å². The molecule has 1 heterocycles. The quantitative estimate of drug-likeness (QED) is 0.838. The molecule has 16 heavy (non-hydrogen) atoms. The summed E-state index contributed by atoms with van der Waals surface area (Å²) in [5.74, 6) is -0.553. The molecule has 92 valence electrons. The van der Waals surface area contributed by atoms with E-state index in [0.717, 1.165) is 0 Å². The summed E-state index contributed by atoms with van der Waals surface area (Å²) >= 11 is 0. The third kappa shape index (κ3) is 4.50. The van der Waals surface area contributed by atoms with Gasteiger partial charge in [0.25, 0.3) is 5.91 Å². The summed E-state index contributed by atoms with van der Waals surface area (Å²) in [5.41, 5.74) is 5.45. The van der Waals surface area contributed by atoms with E-state index in [2.05, 4.69) is 10.3 Å². The van der Waals surface area contributed by atoms with Crippen molar-refractivity contribution in [2.24, 2.45) is 5.73 Å². The van der Waals surface area contributed by atoms with Gasteiger partial charge < -0.3 is 15.5 Å². The predicted octanol–water partition coefficient (Wildman–Crippen LogP) is 0.562. The average Bonchev–Trinajstić information content (AvgIpc) is 2.43. The molecule has 0 fully saturated rings. The molecule has 0 spiro atoms. The van der Waals surface area contributed by atoms with Crippen molar-refractivity contribution >= 4 is 36.6 Å². The Bertz CT molecular complexity index is 379. The van der Waals surface area contributed by atoms with Crippen LogP contribution in [0.1, 0.15) is 29.1 Å². The fourth-order valence-electron chi connectivity index (χ4n) is 0.957. The van der Waals surface area contributed by atoms with Crippen LogP contribution in [0.3, 0.4) is 0 Å². The molecule has 0 aliphatic rings. The fraction of sp³-hybridized carbons (Fsp3) is 0.375. The molecule has 1 rings (SSSR count). The zero-order valence-corrected chi connectivity index (χ0v) is 10.4. The first-order chi connectivity index (χ1) is 6.50. The molecular weight excluding hydrogens is 257 g/mol. The molecule has 6 nitrogen and oxygen atoms in total. The highest BCUT2D eigenvalue weighted by atomic mass is 35.5. The minimum absolute atomic E-state index is 0. The summed E-state index contributed by atoms with van der Waals surface area (Å²) in [6.45, 7) is 3.15. The molecule has 0 radical (unpaired) electrons. The number of halogens is 2. The van der Waals surface area contributed by atoms with Gasteiger partial charge in [-0.25, -0.2) is 4.98 Å². The molecule has 1 aromatic rings. The minimum atomic E-state index is -0.663. The second-order valence-electron chi connectivity index (χ2n) is 2.80. The lowest BCUT2D eigenvalue weighted by atomic mass is 10.4. The van der Waals surface area contributed by atoms with Crippen molar-refractivity contribution in [1.82, 2.24) is 10.3 Å². The van der Waals surface area contributed by atoms with E-state index < -0.39 is 5.91 Å². The highest BCUT2D eigenvalue weighted by Gasteiger charge is 2.13. The van der Waals surface area contributed by atoms with Crippen LogP contribution in [-0.2, 0) is 11.3 Å². The molecule has 0 atom stereocenters. The molecule has 1 aromatic heterocycles. The highest BCUT2D eigenvalue weighted by molar-refractivity contribution is 5.90. The topological polar surface area (TPSA) is 98.2 Å². The van der Waals surface area contributed by atoms with Crippen LogP contribution in [0.2, 0.25) is 0 Å². The number of hydrogen-bond acceptors (Lipinski definition) is 4. The number of nitrogens with one attached hydrogen (secondary N) is 1. The molecule has 2 amide bonds. The van der Waals surface area contributed by atoms with E-state index in [0.29, 0.717) is 5.69 Å². The van der Waals surface area contributed by atoms with Gasteiger partial charge in [-0.1, -0.05) is 0 Å². The molecule has 0 bridgehead atoms. The van der Waals surface area contributed by atoms with E-state index in [9.17, 15) is 9.59 Å². The Morgan fingerprint density at radius 2 is 2.00 bits per heavy atom. The van der Waals surface area contributed by atoms with Crippen LogP contribution < -0.4 is 11.1 Å². The standard InChI is InChI=1S/C8H11N3O3.2ClH/c1-4-7(8(9)13)14-6(11-4)3-10-5(2)12;;/h3H2,1-2H3,(H2,9,13)(H,10,12);2*1H. The van der Waals surface area contributed by atoms with Crippen molar-refractivity contribution < 1.29 is 14.0 Å². The van der Waals surface area contributed by atoms with Gasteiger partial charge in [0.15, 0.2) is 0 Å². The van der Waals surface area contributed by atoms with Gasteiger partial charge >= 0.3 is 0 Å². The lowest BCUT2D eigenvalue weighted by Gasteiger charge is -1.95. The van der Waals surface area contributed by atoms with Gasteiger partial charge in [0, 0.05) is 6.92 Å². The number of amides is 2. The number of primary amides is 1. The number of hydrogen-bond donors (Lipinski definition) is 2. The molecule has 0 saturated heterocycles. The largest absolute Gasteiger partial charge is 0.433 e. The molecule has 8 heteroatoms. The van der Waals surface area contributed by atoms with Crippen LogP contribution in [0, 0.1) is 6.92 Å². The third-order valence-electron chi connectivity index (χ3n) is 1.55. The Balaban J connectivity index is 0. The zero-order valence-electron chi connectivity index (χ0n) is 8.77. The lowest BCUT2D eigenvalue weighted by Crippen LogP contribution is -2.19. The maximum absolute atomic E-state index is 10.8. The van der Waals surface area contributed by atoms with Gasteiger partial charge in [-0.2, -0.15) is 0 Å². The van der Waals surface area contributed by atoms with Gasteiger partial charge in [0.05, 0.1) is 12.2 Å². The Morgan fingerprint density at radius 3 is 2.38 bits per heavy atom. The van der Waals surface area contributed by atoms with Crippen molar-refractivity contribution in [3.05, 3.63) is 17.3 Å². The lowest BCUT2D eigenvalue weighted by molar-refractivity contribution is -0.119. The predicted molar refractivity (Wildman–Crippen MR) is 61.8 cm³/mol. The number of carbonyl (C=O) groups excluding carboxylic acids is 2. The van der Waals surface area contributed by atoms with Gasteiger partial charge in [0.1, 0.15) is 0 Å². The molecular formula is C8H13Cl2N3O3. The number of carbonyl (C=O) groups is 2. The van der Waals surface area contributed by atoms with E-state index in [4.69, 9.17) is 10.2 Å². The number of aryl methyl sites for hydroxylation is 1. The maximum Gasteiger partial charge on any atom is 0.286 e. The second-order valence-corrected chi connectivity index (χ2v) is 2.80. The Labute approximate surface area is 105 Å². The minimum Gasteiger partial charge on any atom is -0.433 e. The monoisotopic (exact) mass is 269 g/mol. The first-order valence-electron chi connectivity index (χ1n) is 4.01. The van der Waals surface area contributed by atoms with Crippen molar-refractivity contribution in [3.63, 3.8) is 0 Å². The summed E-state index contributed by atoms with van der Waals surface area (Å²) in [6, 6.07) is 0. The number of rotatable bonds is 3. The van der Waals surface area contributed by atoms with Crippen molar-refractivity contribution in [2.75, 3.05) is 0 Å². The SMILES string of the molecule is CC(=O)NCc1nc(C)c(C(N)=O)o1.Cl.Cl. The van der Waals surface area contributed by atoms with Crippen LogP contribution in [0.5, 0.6) is 0 Å². The van der Waals surface area contributed by atoms with Gasteiger partial charge in [-0.05, 0) is 6.92 Å². The van der Waals surface area contributed by atoms with E-state index >= 15 is 0 Å². The average molecular weight is 270 g/mol. The van der Waals surface area contributed by atoms with Crippen molar-refractivity contribution in [1.29, 1.82) is 0 Å². The Morgan fingerprint density at radius 1 is 1.44 bits per heavy atom. The first-order valence-corrected chi connectivity index (χ1v) is 4.01. The van der Waals surface area contributed by atoms with Gasteiger partial charge in [-0.15, -0.1) is 24.8 Å². The van der Waals surface area contributed by atoms with Crippen molar-refractivity contribution in [3.8, 4) is 0 Å². The Hall–Kier alpha value is -1.27. The van der Waals surface area contributed by atoms with E-state index in [-0.39, 0.29) is 48.9 Å². The Kier molecular flexibility index (Phi) is 7.58. The maximum atomic E-state index is 10.8. The fourth-order valence-corrected chi connectivity index (χ4v) is 0.957. The number of nitrogens with zero attached hydrogens (tertiary/aromatic N) is 1. The van der Waals surface area contributed by atoms with E-state index in [1.807, 2.05) is 0 Å². The normalized spacial score (nSPS) is 8.62. The smallest absolute Gasteiger partial charge is 0.286 e.